The summed E-state index contributed by atoms with van der Waals surface area (Å²) in [6.07, 6.45) is 2.90. The molecule has 0 radical (unpaired) electrons. The Hall–Kier alpha value is -2.44. The Labute approximate surface area is 95.3 Å². The van der Waals surface area contributed by atoms with Crippen molar-refractivity contribution in [2.24, 2.45) is 0 Å². The Morgan fingerprint density at radius 2 is 2.35 bits per heavy atom. The first-order chi connectivity index (χ1) is 8.13. The number of rotatable bonds is 3. The topological polar surface area (TPSA) is 94.3 Å². The lowest BCUT2D eigenvalue weighted by molar-refractivity contribution is -0.137. The summed E-state index contributed by atoms with van der Waals surface area (Å²) in [4.78, 5) is 26.4. The van der Waals surface area contributed by atoms with Crippen LogP contribution in [0.3, 0.4) is 0 Å². The Morgan fingerprint density at radius 3 is 3.00 bits per heavy atom. The van der Waals surface area contributed by atoms with Crippen LogP contribution in [-0.2, 0) is 11.3 Å². The lowest BCUT2D eigenvalue weighted by atomic mass is 10.2. The molecule has 0 aliphatic carbocycles. The number of fused-ring (bicyclic) bond motifs is 1. The van der Waals surface area contributed by atoms with Crippen LogP contribution in [0.5, 0.6) is 5.88 Å². The van der Waals surface area contributed by atoms with Gasteiger partial charge in [0.15, 0.2) is 0 Å². The summed E-state index contributed by atoms with van der Waals surface area (Å²) in [5, 5.41) is 13.2. The number of carboxylic acid groups (broad SMARTS) is 1. The fourth-order valence-corrected chi connectivity index (χ4v) is 1.49. The van der Waals surface area contributed by atoms with Gasteiger partial charge in [-0.1, -0.05) is 0 Å². The Bertz CT molecular complexity index is 635. The predicted molar refractivity (Wildman–Crippen MR) is 58.0 cm³/mol. The van der Waals surface area contributed by atoms with Crippen molar-refractivity contribution in [1.29, 1.82) is 0 Å². The van der Waals surface area contributed by atoms with Crippen molar-refractivity contribution in [3.8, 4) is 5.88 Å². The molecule has 0 fully saturated rings. The van der Waals surface area contributed by atoms with Gasteiger partial charge in [0.2, 0.25) is 5.88 Å². The van der Waals surface area contributed by atoms with Gasteiger partial charge in [0.1, 0.15) is 11.9 Å². The van der Waals surface area contributed by atoms with E-state index in [2.05, 4.69) is 10.1 Å². The van der Waals surface area contributed by atoms with Crippen LogP contribution < -0.4 is 10.3 Å². The third kappa shape index (κ3) is 1.94. The molecule has 1 N–H and O–H groups in total. The van der Waals surface area contributed by atoms with Gasteiger partial charge in [0.25, 0.3) is 5.56 Å². The number of methoxy groups -OCH3 is 1. The standard InChI is InChI=1S/C10H9N3O4/c1-17-9-8-6(2-3-11-9)4-12-13(10(8)16)5-7(14)15/h2-4H,5H2,1H3,(H,14,15). The lowest BCUT2D eigenvalue weighted by Crippen LogP contribution is -2.26. The van der Waals surface area contributed by atoms with E-state index in [-0.39, 0.29) is 11.3 Å². The van der Waals surface area contributed by atoms with Gasteiger partial charge in [0.05, 0.1) is 13.3 Å². The summed E-state index contributed by atoms with van der Waals surface area (Å²) in [7, 11) is 1.39. The van der Waals surface area contributed by atoms with Gasteiger partial charge in [-0.3, -0.25) is 9.59 Å². The molecule has 2 aromatic rings. The van der Waals surface area contributed by atoms with Crippen LogP contribution in [0.4, 0.5) is 0 Å². The molecular weight excluding hydrogens is 226 g/mol. The minimum absolute atomic E-state index is 0.161. The largest absolute Gasteiger partial charge is 0.480 e. The van der Waals surface area contributed by atoms with Crippen LogP contribution in [0, 0.1) is 0 Å². The number of carbonyl (C=O) groups is 1. The zero-order chi connectivity index (χ0) is 12.4. The van der Waals surface area contributed by atoms with Gasteiger partial charge in [-0.05, 0) is 6.07 Å². The second-order valence-electron chi connectivity index (χ2n) is 3.29. The normalized spacial score (nSPS) is 10.4. The maximum atomic E-state index is 12.0. The van der Waals surface area contributed by atoms with Crippen LogP contribution in [0.2, 0.25) is 0 Å². The first-order valence-electron chi connectivity index (χ1n) is 4.74. The van der Waals surface area contributed by atoms with Gasteiger partial charge >= 0.3 is 5.97 Å². The fourth-order valence-electron chi connectivity index (χ4n) is 1.49. The van der Waals surface area contributed by atoms with Crippen molar-refractivity contribution >= 4 is 16.7 Å². The fraction of sp³-hybridized carbons (Fsp3) is 0.200. The van der Waals surface area contributed by atoms with Crippen molar-refractivity contribution in [2.45, 2.75) is 6.54 Å². The molecule has 2 heterocycles. The maximum Gasteiger partial charge on any atom is 0.325 e. The molecule has 0 saturated heterocycles. The molecule has 0 atom stereocenters. The van der Waals surface area contributed by atoms with Gasteiger partial charge in [0, 0.05) is 11.6 Å². The van der Waals surface area contributed by atoms with Crippen LogP contribution in [0.25, 0.3) is 10.8 Å². The first-order valence-corrected chi connectivity index (χ1v) is 4.74. The van der Waals surface area contributed by atoms with E-state index in [1.54, 1.807) is 6.07 Å². The number of carboxylic acids is 1. The molecule has 17 heavy (non-hydrogen) atoms. The summed E-state index contributed by atoms with van der Waals surface area (Å²) >= 11 is 0. The van der Waals surface area contributed by atoms with Crippen molar-refractivity contribution < 1.29 is 14.6 Å². The molecule has 0 saturated carbocycles. The monoisotopic (exact) mass is 235 g/mol. The highest BCUT2D eigenvalue weighted by atomic mass is 16.5. The van der Waals surface area contributed by atoms with E-state index in [0.717, 1.165) is 4.68 Å². The number of nitrogens with zero attached hydrogens (tertiary/aromatic N) is 3. The molecule has 0 bridgehead atoms. The van der Waals surface area contributed by atoms with Crippen LogP contribution in [-0.4, -0.2) is 33.0 Å². The summed E-state index contributed by atoms with van der Waals surface area (Å²) in [6, 6.07) is 1.61. The van der Waals surface area contributed by atoms with Gasteiger partial charge < -0.3 is 9.84 Å². The van der Waals surface area contributed by atoms with Gasteiger partial charge in [-0.2, -0.15) is 5.10 Å². The Balaban J connectivity index is 2.73. The molecule has 2 rings (SSSR count). The third-order valence-electron chi connectivity index (χ3n) is 2.21. The predicted octanol–water partition coefficient (Wildman–Crippen LogP) is -0.115. The second kappa shape index (κ2) is 4.20. The van der Waals surface area contributed by atoms with Gasteiger partial charge in [-0.25, -0.2) is 9.67 Å². The van der Waals surface area contributed by atoms with E-state index in [4.69, 9.17) is 9.84 Å². The molecule has 0 spiro atoms. The lowest BCUT2D eigenvalue weighted by Gasteiger charge is -2.05. The smallest absolute Gasteiger partial charge is 0.325 e. The van der Waals surface area contributed by atoms with E-state index in [0.29, 0.717) is 5.39 Å². The highest BCUT2D eigenvalue weighted by molar-refractivity contribution is 5.85. The summed E-state index contributed by atoms with van der Waals surface area (Å²) < 4.78 is 5.82. The molecule has 2 aromatic heterocycles. The first kappa shape index (κ1) is 11.1. The minimum Gasteiger partial charge on any atom is -0.480 e. The number of pyridine rings is 1. The number of hydrogen-bond acceptors (Lipinski definition) is 5. The number of hydrogen-bond donors (Lipinski definition) is 1. The molecule has 0 aliphatic rings. The molecule has 7 heteroatoms. The summed E-state index contributed by atoms with van der Waals surface area (Å²) in [6.45, 7) is -0.493. The maximum absolute atomic E-state index is 12.0. The molecule has 88 valence electrons. The molecule has 0 unspecified atom stereocenters. The molecular formula is C10H9N3O4. The van der Waals surface area contributed by atoms with Crippen LogP contribution in [0.15, 0.2) is 23.3 Å². The Kier molecular flexibility index (Phi) is 2.73. The van der Waals surface area contributed by atoms with Gasteiger partial charge in [-0.15, -0.1) is 0 Å². The van der Waals surface area contributed by atoms with E-state index in [1.807, 2.05) is 0 Å². The molecule has 0 amide bonds. The van der Waals surface area contributed by atoms with Crippen molar-refractivity contribution in [2.75, 3.05) is 7.11 Å². The summed E-state index contributed by atoms with van der Waals surface area (Å²) in [5.41, 5.74) is -0.533. The average Bonchev–Trinajstić information content (AvgIpc) is 2.31. The molecule has 7 nitrogen and oxygen atoms in total. The number of aliphatic carboxylic acids is 1. The van der Waals surface area contributed by atoms with Crippen LogP contribution in [0.1, 0.15) is 0 Å². The Morgan fingerprint density at radius 1 is 1.59 bits per heavy atom. The highest BCUT2D eigenvalue weighted by Crippen LogP contribution is 2.17. The number of aromatic nitrogens is 3. The summed E-state index contributed by atoms with van der Waals surface area (Å²) in [5.74, 6) is -0.976. The van der Waals surface area contributed by atoms with Crippen molar-refractivity contribution in [3.63, 3.8) is 0 Å². The second-order valence-corrected chi connectivity index (χ2v) is 3.29. The quantitative estimate of drug-likeness (QED) is 0.797. The zero-order valence-electron chi connectivity index (χ0n) is 8.95. The highest BCUT2D eigenvalue weighted by Gasteiger charge is 2.11. The average molecular weight is 235 g/mol. The minimum atomic E-state index is -1.14. The van der Waals surface area contributed by atoms with Crippen molar-refractivity contribution in [1.82, 2.24) is 14.8 Å². The zero-order valence-corrected chi connectivity index (χ0v) is 8.95. The van der Waals surface area contributed by atoms with Crippen LogP contribution >= 0.6 is 0 Å². The number of ether oxygens (including phenoxy) is 1. The van der Waals surface area contributed by atoms with E-state index >= 15 is 0 Å². The molecule has 0 aromatic carbocycles. The van der Waals surface area contributed by atoms with E-state index < -0.39 is 18.1 Å². The third-order valence-corrected chi connectivity index (χ3v) is 2.21. The SMILES string of the molecule is COc1nccc2cnn(CC(=O)O)c(=O)c12. The van der Waals surface area contributed by atoms with Crippen molar-refractivity contribution in [3.05, 3.63) is 28.8 Å². The van der Waals surface area contributed by atoms with E-state index in [9.17, 15) is 9.59 Å². The molecule has 0 aliphatic heterocycles. The van der Waals surface area contributed by atoms with E-state index in [1.165, 1.54) is 19.5 Å².